The molecule has 0 unspecified atom stereocenters. The Morgan fingerprint density at radius 2 is 2.33 bits per heavy atom. The lowest BCUT2D eigenvalue weighted by atomic mass is 9.95. The Bertz CT molecular complexity index is 296. The molecule has 1 aliphatic rings. The lowest BCUT2D eigenvalue weighted by Crippen LogP contribution is -2.27. The molecule has 1 N–H and O–H groups in total. The molecule has 0 fully saturated rings. The smallest absolute Gasteiger partial charge is 0.123 e. The van der Waals surface area contributed by atoms with Gasteiger partial charge in [0.25, 0.3) is 0 Å². The molecule has 1 nitrogen and oxygen atoms in total. The van der Waals surface area contributed by atoms with E-state index in [-0.39, 0.29) is 5.82 Å². The summed E-state index contributed by atoms with van der Waals surface area (Å²) in [5.74, 6) is -0.122. The molecule has 2 rings (SSSR count). The predicted molar refractivity (Wildman–Crippen MR) is 46.5 cm³/mol. The number of rotatable bonds is 0. The Balaban J connectivity index is 2.46. The van der Waals surface area contributed by atoms with E-state index in [1.54, 1.807) is 6.07 Å². The van der Waals surface area contributed by atoms with Gasteiger partial charge in [-0.2, -0.15) is 0 Å². The zero-order valence-corrected chi connectivity index (χ0v) is 7.10. The zero-order chi connectivity index (χ0) is 8.55. The van der Waals surface area contributed by atoms with Gasteiger partial charge in [-0.05, 0) is 43.1 Å². The Labute approximate surface area is 71.6 Å². The van der Waals surface area contributed by atoms with Crippen LogP contribution in [0.1, 0.15) is 24.1 Å². The molecule has 0 amide bonds. The van der Waals surface area contributed by atoms with Crippen LogP contribution < -0.4 is 5.32 Å². The van der Waals surface area contributed by atoms with E-state index in [9.17, 15) is 4.39 Å². The summed E-state index contributed by atoms with van der Waals surface area (Å²) < 4.78 is 12.8. The molecule has 0 radical (unpaired) electrons. The van der Waals surface area contributed by atoms with E-state index in [0.717, 1.165) is 18.5 Å². The molecule has 0 aliphatic carbocycles. The lowest BCUT2D eigenvalue weighted by Gasteiger charge is -2.23. The van der Waals surface area contributed by atoms with Crippen molar-refractivity contribution >= 4 is 0 Å². The maximum atomic E-state index is 12.8. The summed E-state index contributed by atoms with van der Waals surface area (Å²) >= 11 is 0. The van der Waals surface area contributed by atoms with Crippen LogP contribution in [0.4, 0.5) is 4.39 Å². The van der Waals surface area contributed by atoms with Crippen LogP contribution in [-0.2, 0) is 6.42 Å². The molecule has 12 heavy (non-hydrogen) atoms. The molecule has 64 valence electrons. The van der Waals surface area contributed by atoms with E-state index >= 15 is 0 Å². The lowest BCUT2D eigenvalue weighted by molar-refractivity contribution is 0.534. The summed E-state index contributed by atoms with van der Waals surface area (Å²) in [6.07, 6.45) is 0.942. The van der Waals surface area contributed by atoms with Crippen molar-refractivity contribution < 1.29 is 4.39 Å². The van der Waals surface area contributed by atoms with Crippen LogP contribution >= 0.6 is 0 Å². The van der Waals surface area contributed by atoms with Crippen LogP contribution in [0.5, 0.6) is 0 Å². The third kappa shape index (κ3) is 1.23. The molecular weight excluding hydrogens is 153 g/mol. The molecule has 0 spiro atoms. The molecule has 1 aliphatic heterocycles. The number of halogens is 1. The topological polar surface area (TPSA) is 12.0 Å². The quantitative estimate of drug-likeness (QED) is 0.620. The SMILES string of the molecule is C[C@H]1NCCc2cc(F)ccc21. The van der Waals surface area contributed by atoms with Crippen LogP contribution in [0, 0.1) is 5.82 Å². The van der Waals surface area contributed by atoms with Gasteiger partial charge in [0.2, 0.25) is 0 Å². The van der Waals surface area contributed by atoms with Crippen molar-refractivity contribution in [1.82, 2.24) is 5.32 Å². The van der Waals surface area contributed by atoms with Gasteiger partial charge in [-0.3, -0.25) is 0 Å². The van der Waals surface area contributed by atoms with E-state index in [0.29, 0.717) is 6.04 Å². The highest BCUT2D eigenvalue weighted by molar-refractivity contribution is 5.32. The van der Waals surface area contributed by atoms with Crippen molar-refractivity contribution in [1.29, 1.82) is 0 Å². The average Bonchev–Trinajstić information content (AvgIpc) is 2.04. The van der Waals surface area contributed by atoms with Gasteiger partial charge in [-0.15, -0.1) is 0 Å². The Hall–Kier alpha value is -0.890. The fourth-order valence-corrected chi connectivity index (χ4v) is 1.75. The summed E-state index contributed by atoms with van der Waals surface area (Å²) in [5, 5.41) is 3.34. The minimum Gasteiger partial charge on any atom is -0.310 e. The van der Waals surface area contributed by atoms with Gasteiger partial charge >= 0.3 is 0 Å². The summed E-state index contributed by atoms with van der Waals surface area (Å²) in [6, 6.07) is 5.42. The normalized spacial score (nSPS) is 22.0. The zero-order valence-electron chi connectivity index (χ0n) is 7.10. The second-order valence-corrected chi connectivity index (χ2v) is 3.27. The van der Waals surface area contributed by atoms with Crippen molar-refractivity contribution in [2.75, 3.05) is 6.54 Å². The third-order valence-electron chi connectivity index (χ3n) is 2.42. The molecule has 0 bridgehead atoms. The first-order valence-electron chi connectivity index (χ1n) is 4.29. The minimum absolute atomic E-state index is 0.122. The maximum Gasteiger partial charge on any atom is 0.123 e. The van der Waals surface area contributed by atoms with Crippen LogP contribution in [0.3, 0.4) is 0 Å². The number of hydrogen-bond donors (Lipinski definition) is 1. The van der Waals surface area contributed by atoms with Gasteiger partial charge in [0.05, 0.1) is 0 Å². The van der Waals surface area contributed by atoms with Crippen LogP contribution in [0.2, 0.25) is 0 Å². The molecule has 0 saturated heterocycles. The van der Waals surface area contributed by atoms with E-state index in [4.69, 9.17) is 0 Å². The molecule has 1 aromatic rings. The first-order valence-corrected chi connectivity index (χ1v) is 4.29. The predicted octanol–water partition coefficient (Wildman–Crippen LogP) is 2.03. The van der Waals surface area contributed by atoms with Crippen molar-refractivity contribution in [2.24, 2.45) is 0 Å². The summed E-state index contributed by atoms with van der Waals surface area (Å²) in [4.78, 5) is 0. The average molecular weight is 165 g/mol. The molecule has 1 heterocycles. The molecular formula is C10H12FN. The largest absolute Gasteiger partial charge is 0.310 e. The first-order chi connectivity index (χ1) is 5.77. The highest BCUT2D eigenvalue weighted by Crippen LogP contribution is 2.22. The number of benzene rings is 1. The van der Waals surface area contributed by atoms with Gasteiger partial charge in [0.15, 0.2) is 0 Å². The Morgan fingerprint density at radius 1 is 1.50 bits per heavy atom. The van der Waals surface area contributed by atoms with E-state index in [1.807, 2.05) is 6.07 Å². The fraction of sp³-hybridized carbons (Fsp3) is 0.400. The first kappa shape index (κ1) is 7.74. The van der Waals surface area contributed by atoms with Crippen molar-refractivity contribution in [3.05, 3.63) is 35.1 Å². The number of fused-ring (bicyclic) bond motifs is 1. The van der Waals surface area contributed by atoms with Gasteiger partial charge in [0, 0.05) is 6.04 Å². The summed E-state index contributed by atoms with van der Waals surface area (Å²) in [5.41, 5.74) is 2.39. The maximum absolute atomic E-state index is 12.8. The van der Waals surface area contributed by atoms with E-state index in [2.05, 4.69) is 12.2 Å². The van der Waals surface area contributed by atoms with Gasteiger partial charge < -0.3 is 5.32 Å². The summed E-state index contributed by atoms with van der Waals surface area (Å²) in [6.45, 7) is 3.06. The minimum atomic E-state index is -0.122. The Morgan fingerprint density at radius 3 is 3.17 bits per heavy atom. The van der Waals surface area contributed by atoms with E-state index in [1.165, 1.54) is 11.6 Å². The molecule has 0 saturated carbocycles. The van der Waals surface area contributed by atoms with Crippen LogP contribution in [0.15, 0.2) is 18.2 Å². The molecule has 1 aromatic carbocycles. The van der Waals surface area contributed by atoms with Crippen LogP contribution in [-0.4, -0.2) is 6.54 Å². The molecule has 1 atom stereocenters. The highest BCUT2D eigenvalue weighted by atomic mass is 19.1. The van der Waals surface area contributed by atoms with Gasteiger partial charge in [-0.25, -0.2) is 4.39 Å². The van der Waals surface area contributed by atoms with Crippen molar-refractivity contribution in [2.45, 2.75) is 19.4 Å². The van der Waals surface area contributed by atoms with Gasteiger partial charge in [-0.1, -0.05) is 6.07 Å². The Kier molecular flexibility index (Phi) is 1.85. The molecule has 2 heteroatoms. The van der Waals surface area contributed by atoms with E-state index < -0.39 is 0 Å². The fourth-order valence-electron chi connectivity index (χ4n) is 1.75. The van der Waals surface area contributed by atoms with Crippen molar-refractivity contribution in [3.8, 4) is 0 Å². The van der Waals surface area contributed by atoms with Gasteiger partial charge in [0.1, 0.15) is 5.82 Å². The standard InChI is InChI=1S/C10H12FN/c1-7-10-3-2-9(11)6-8(10)4-5-12-7/h2-3,6-7,12H,4-5H2,1H3/t7-/m1/s1. The number of hydrogen-bond acceptors (Lipinski definition) is 1. The second kappa shape index (κ2) is 2.87. The monoisotopic (exact) mass is 165 g/mol. The number of nitrogens with one attached hydrogen (secondary N) is 1. The van der Waals surface area contributed by atoms with Crippen LogP contribution in [0.25, 0.3) is 0 Å². The second-order valence-electron chi connectivity index (χ2n) is 3.27. The highest BCUT2D eigenvalue weighted by Gasteiger charge is 2.15. The third-order valence-corrected chi connectivity index (χ3v) is 2.42. The molecule has 0 aromatic heterocycles. The summed E-state index contributed by atoms with van der Waals surface area (Å²) in [7, 11) is 0. The van der Waals surface area contributed by atoms with Crippen molar-refractivity contribution in [3.63, 3.8) is 0 Å².